The second kappa shape index (κ2) is 7.18. The van der Waals surface area contributed by atoms with Crippen LogP contribution in [0.25, 0.3) is 5.65 Å². The summed E-state index contributed by atoms with van der Waals surface area (Å²) in [5.74, 6) is 2.78. The highest BCUT2D eigenvalue weighted by Crippen LogP contribution is 2.37. The van der Waals surface area contributed by atoms with Crippen LogP contribution in [0.5, 0.6) is 0 Å². The highest BCUT2D eigenvalue weighted by molar-refractivity contribution is 5.56. The molecule has 142 valence electrons. The lowest BCUT2D eigenvalue weighted by Crippen LogP contribution is -2.22. The van der Waals surface area contributed by atoms with Gasteiger partial charge in [0.05, 0.1) is 6.20 Å². The second-order valence-corrected chi connectivity index (χ2v) is 8.80. The van der Waals surface area contributed by atoms with Gasteiger partial charge in [0.1, 0.15) is 5.82 Å². The predicted octanol–water partition coefficient (Wildman–Crippen LogP) is 4.44. The Morgan fingerprint density at radius 1 is 1.15 bits per heavy atom. The zero-order valence-corrected chi connectivity index (χ0v) is 16.4. The van der Waals surface area contributed by atoms with Gasteiger partial charge in [0.15, 0.2) is 5.65 Å². The molecule has 1 unspecified atom stereocenters. The van der Waals surface area contributed by atoms with E-state index in [1.54, 1.807) is 0 Å². The monoisotopic (exact) mass is 355 g/mol. The molecular formula is C21H33N5. The van der Waals surface area contributed by atoms with E-state index >= 15 is 0 Å². The summed E-state index contributed by atoms with van der Waals surface area (Å²) in [6.45, 7) is 6.79. The molecule has 2 aliphatic carbocycles. The molecule has 2 aromatic rings. The molecule has 0 bridgehead atoms. The maximum absolute atomic E-state index is 6.12. The Labute approximate surface area is 156 Å². The molecule has 3 atom stereocenters. The Morgan fingerprint density at radius 2 is 1.92 bits per heavy atom. The molecule has 0 saturated heterocycles. The quantitative estimate of drug-likeness (QED) is 0.832. The van der Waals surface area contributed by atoms with E-state index in [0.717, 1.165) is 36.6 Å². The van der Waals surface area contributed by atoms with Gasteiger partial charge in [-0.3, -0.25) is 0 Å². The molecule has 0 radical (unpaired) electrons. The van der Waals surface area contributed by atoms with Crippen LogP contribution in [0.15, 0.2) is 12.3 Å². The van der Waals surface area contributed by atoms with Crippen molar-refractivity contribution in [2.24, 2.45) is 11.7 Å². The van der Waals surface area contributed by atoms with Crippen LogP contribution < -0.4 is 11.1 Å². The van der Waals surface area contributed by atoms with Crippen LogP contribution in [0.3, 0.4) is 0 Å². The third-order valence-corrected chi connectivity index (χ3v) is 6.54. The molecule has 2 fully saturated rings. The van der Waals surface area contributed by atoms with Gasteiger partial charge in [-0.1, -0.05) is 33.6 Å². The van der Waals surface area contributed by atoms with Crippen molar-refractivity contribution in [1.82, 2.24) is 14.6 Å². The topological polar surface area (TPSA) is 68.2 Å². The van der Waals surface area contributed by atoms with E-state index in [1.165, 1.54) is 36.9 Å². The summed E-state index contributed by atoms with van der Waals surface area (Å²) in [4.78, 5) is 5.09. The van der Waals surface area contributed by atoms with Crippen LogP contribution in [0.1, 0.15) is 88.8 Å². The normalized spacial score (nSPS) is 25.4. The number of hydrogen-bond acceptors (Lipinski definition) is 4. The summed E-state index contributed by atoms with van der Waals surface area (Å²) in [7, 11) is 0. The van der Waals surface area contributed by atoms with Gasteiger partial charge in [0.25, 0.3) is 0 Å². The molecule has 2 aliphatic rings. The van der Waals surface area contributed by atoms with E-state index in [1.807, 2.05) is 10.7 Å². The smallest absolute Gasteiger partial charge is 0.161 e. The zero-order chi connectivity index (χ0) is 18.3. The molecule has 3 N–H and O–H groups in total. The lowest BCUT2D eigenvalue weighted by atomic mass is 9.89. The van der Waals surface area contributed by atoms with Gasteiger partial charge in [0, 0.05) is 35.3 Å². The molecule has 5 heteroatoms. The van der Waals surface area contributed by atoms with Crippen molar-refractivity contribution in [1.29, 1.82) is 0 Å². The van der Waals surface area contributed by atoms with Crippen molar-refractivity contribution in [2.75, 3.05) is 5.32 Å². The van der Waals surface area contributed by atoms with Gasteiger partial charge in [0.2, 0.25) is 0 Å². The van der Waals surface area contributed by atoms with Crippen LogP contribution >= 0.6 is 0 Å². The lowest BCUT2D eigenvalue weighted by molar-refractivity contribution is 0.453. The van der Waals surface area contributed by atoms with E-state index < -0.39 is 0 Å². The van der Waals surface area contributed by atoms with Gasteiger partial charge >= 0.3 is 0 Å². The van der Waals surface area contributed by atoms with E-state index in [2.05, 4.69) is 37.3 Å². The SMILES string of the molecule is CC(C)c1cnn2c(N[C@H]3CC[C@H](N)C3)cc(C(C)C3CCCC3)nc12. The van der Waals surface area contributed by atoms with Crippen LogP contribution in [0, 0.1) is 5.92 Å². The Morgan fingerprint density at radius 3 is 2.58 bits per heavy atom. The highest BCUT2D eigenvalue weighted by Gasteiger charge is 2.27. The Hall–Kier alpha value is -1.62. The number of nitrogens with two attached hydrogens (primary N) is 1. The van der Waals surface area contributed by atoms with Crippen LogP contribution in [0.2, 0.25) is 0 Å². The van der Waals surface area contributed by atoms with Gasteiger partial charge in [-0.25, -0.2) is 4.98 Å². The van der Waals surface area contributed by atoms with Crippen LogP contribution in [-0.2, 0) is 0 Å². The summed E-state index contributed by atoms with van der Waals surface area (Å²) in [6.07, 6.45) is 10.7. The molecule has 4 rings (SSSR count). The third kappa shape index (κ3) is 3.34. The number of anilines is 1. The second-order valence-electron chi connectivity index (χ2n) is 8.80. The number of fused-ring (bicyclic) bond motifs is 1. The van der Waals surface area contributed by atoms with Gasteiger partial charge < -0.3 is 11.1 Å². The average Bonchev–Trinajstić information content (AvgIpc) is 3.34. The number of nitrogens with zero attached hydrogens (tertiary/aromatic N) is 3. The van der Waals surface area contributed by atoms with Crippen molar-refractivity contribution in [3.63, 3.8) is 0 Å². The van der Waals surface area contributed by atoms with Crippen molar-refractivity contribution >= 4 is 11.5 Å². The summed E-state index contributed by atoms with van der Waals surface area (Å²) < 4.78 is 2.00. The molecule has 0 aliphatic heterocycles. The highest BCUT2D eigenvalue weighted by atomic mass is 15.3. The molecule has 2 heterocycles. The first-order chi connectivity index (χ1) is 12.5. The van der Waals surface area contributed by atoms with Crippen molar-refractivity contribution in [3.05, 3.63) is 23.5 Å². The largest absolute Gasteiger partial charge is 0.367 e. The molecule has 0 spiro atoms. The minimum absolute atomic E-state index is 0.325. The van der Waals surface area contributed by atoms with E-state index in [4.69, 9.17) is 10.7 Å². The van der Waals surface area contributed by atoms with Gasteiger partial charge in [-0.05, 0) is 43.9 Å². The Bertz CT molecular complexity index is 759. The molecule has 0 amide bonds. The van der Waals surface area contributed by atoms with Crippen LogP contribution in [-0.4, -0.2) is 26.7 Å². The molecular weight excluding hydrogens is 322 g/mol. The van der Waals surface area contributed by atoms with Gasteiger partial charge in [-0.15, -0.1) is 0 Å². The van der Waals surface area contributed by atoms with Gasteiger partial charge in [-0.2, -0.15) is 9.61 Å². The summed E-state index contributed by atoms with van der Waals surface area (Å²) in [6, 6.07) is 3.01. The Kier molecular flexibility index (Phi) is 4.91. The van der Waals surface area contributed by atoms with Crippen LogP contribution in [0.4, 0.5) is 5.82 Å². The predicted molar refractivity (Wildman–Crippen MR) is 107 cm³/mol. The Balaban J connectivity index is 1.72. The first-order valence-corrected chi connectivity index (χ1v) is 10.4. The number of hydrogen-bond donors (Lipinski definition) is 2. The fourth-order valence-corrected chi connectivity index (χ4v) is 4.80. The minimum atomic E-state index is 0.325. The van der Waals surface area contributed by atoms with Crippen molar-refractivity contribution in [3.8, 4) is 0 Å². The fourth-order valence-electron chi connectivity index (χ4n) is 4.80. The summed E-state index contributed by atoms with van der Waals surface area (Å²) in [5.41, 5.74) is 9.59. The minimum Gasteiger partial charge on any atom is -0.367 e. The number of aromatic nitrogens is 3. The average molecular weight is 356 g/mol. The number of rotatable bonds is 5. The molecule has 2 saturated carbocycles. The fraction of sp³-hybridized carbons (Fsp3) is 0.714. The first-order valence-electron chi connectivity index (χ1n) is 10.4. The maximum Gasteiger partial charge on any atom is 0.161 e. The summed E-state index contributed by atoms with van der Waals surface area (Å²) >= 11 is 0. The zero-order valence-electron chi connectivity index (χ0n) is 16.4. The molecule has 2 aromatic heterocycles. The number of nitrogens with one attached hydrogen (secondary N) is 1. The first kappa shape index (κ1) is 17.8. The molecule has 0 aromatic carbocycles. The lowest BCUT2D eigenvalue weighted by Gasteiger charge is -2.21. The van der Waals surface area contributed by atoms with E-state index in [0.29, 0.717) is 23.9 Å². The molecule has 5 nitrogen and oxygen atoms in total. The van der Waals surface area contributed by atoms with E-state index in [-0.39, 0.29) is 0 Å². The maximum atomic E-state index is 6.12. The third-order valence-electron chi connectivity index (χ3n) is 6.54. The van der Waals surface area contributed by atoms with E-state index in [9.17, 15) is 0 Å². The van der Waals surface area contributed by atoms with Crippen molar-refractivity contribution < 1.29 is 0 Å². The molecule has 26 heavy (non-hydrogen) atoms. The van der Waals surface area contributed by atoms with Crippen molar-refractivity contribution in [2.45, 2.75) is 89.6 Å². The standard InChI is InChI=1S/C21H33N5/c1-13(2)18-12-23-26-20(24-17-9-8-16(22)10-17)11-19(25-21(18)26)14(3)15-6-4-5-7-15/h11-17,24H,4-10,22H2,1-3H3/t14?,16-,17-/m0/s1. The summed E-state index contributed by atoms with van der Waals surface area (Å²) in [5, 5.41) is 8.39.